The van der Waals surface area contributed by atoms with E-state index in [1.807, 2.05) is 37.4 Å². The van der Waals surface area contributed by atoms with Gasteiger partial charge in [0.1, 0.15) is 0 Å². The molecule has 1 unspecified atom stereocenters. The minimum absolute atomic E-state index is 0.267. The summed E-state index contributed by atoms with van der Waals surface area (Å²) in [5.41, 5.74) is 1.12. The molecule has 104 valence electrons. The van der Waals surface area contributed by atoms with Crippen LogP contribution in [0, 0.1) is 5.41 Å². The molecule has 0 N–H and O–H groups in total. The number of nitrogens with zero attached hydrogens (tertiary/aromatic N) is 1. The molecule has 0 saturated carbocycles. The molecule has 1 saturated heterocycles. The minimum Gasteiger partial charge on any atom is -0.341 e. The van der Waals surface area contributed by atoms with Crippen molar-refractivity contribution in [1.29, 1.82) is 0 Å². The largest absolute Gasteiger partial charge is 0.341 e. The number of hydrogen-bond donors (Lipinski definition) is 0. The van der Waals surface area contributed by atoms with Gasteiger partial charge in [-0.05, 0) is 12.0 Å². The summed E-state index contributed by atoms with van der Waals surface area (Å²) in [5.74, 6) is 1.31. The van der Waals surface area contributed by atoms with Gasteiger partial charge in [0, 0.05) is 29.5 Å². The average Bonchev–Trinajstić information content (AvgIpc) is 2.63. The third-order valence-corrected chi connectivity index (χ3v) is 4.77. The highest BCUT2D eigenvalue weighted by atomic mass is 32.2. The van der Waals surface area contributed by atoms with Gasteiger partial charge in [-0.15, -0.1) is 0 Å². The smallest absolute Gasteiger partial charge is 0.227 e. The minimum atomic E-state index is -0.267. The lowest BCUT2D eigenvalue weighted by molar-refractivity contribution is -0.139. The van der Waals surface area contributed by atoms with E-state index in [4.69, 9.17) is 0 Å². The molecule has 0 aliphatic carbocycles. The number of thioether (sulfide) groups is 1. The van der Waals surface area contributed by atoms with Crippen LogP contribution in [0.25, 0.3) is 0 Å². The maximum atomic E-state index is 12.3. The van der Waals surface area contributed by atoms with Gasteiger partial charge in [-0.25, -0.2) is 0 Å². The lowest BCUT2D eigenvalue weighted by Crippen LogP contribution is -2.40. The van der Waals surface area contributed by atoms with Crippen LogP contribution in [-0.4, -0.2) is 29.6 Å². The van der Waals surface area contributed by atoms with E-state index in [0.29, 0.717) is 5.25 Å². The summed E-state index contributed by atoms with van der Waals surface area (Å²) in [6, 6.07) is 10.6. The van der Waals surface area contributed by atoms with Crippen molar-refractivity contribution >= 4 is 17.7 Å². The normalized spacial score (nSPS) is 21.0. The Labute approximate surface area is 120 Å². The highest BCUT2D eigenvalue weighted by Crippen LogP contribution is 2.34. The van der Waals surface area contributed by atoms with Gasteiger partial charge in [-0.3, -0.25) is 4.79 Å². The summed E-state index contributed by atoms with van der Waals surface area (Å²) in [6.07, 6.45) is 1.05. The average molecular weight is 277 g/mol. The predicted octanol–water partition coefficient (Wildman–Crippen LogP) is 3.74. The fraction of sp³-hybridized carbons (Fsp3) is 0.562. The van der Waals surface area contributed by atoms with Crippen LogP contribution < -0.4 is 0 Å². The predicted molar refractivity (Wildman–Crippen MR) is 82.3 cm³/mol. The molecule has 0 bridgehead atoms. The van der Waals surface area contributed by atoms with Gasteiger partial charge in [-0.1, -0.05) is 51.1 Å². The van der Waals surface area contributed by atoms with Crippen LogP contribution in [0.3, 0.4) is 0 Å². The fourth-order valence-corrected chi connectivity index (χ4v) is 3.61. The molecule has 1 fully saturated rings. The van der Waals surface area contributed by atoms with Gasteiger partial charge in [0.15, 0.2) is 0 Å². The third-order valence-electron chi connectivity index (χ3n) is 3.44. The zero-order valence-corrected chi connectivity index (χ0v) is 12.9. The van der Waals surface area contributed by atoms with E-state index in [0.717, 1.165) is 25.3 Å². The van der Waals surface area contributed by atoms with Crippen molar-refractivity contribution in [2.75, 3.05) is 18.8 Å². The molecular formula is C16H23NOS. The van der Waals surface area contributed by atoms with Gasteiger partial charge in [-0.2, -0.15) is 11.8 Å². The number of amides is 1. The fourth-order valence-electron chi connectivity index (χ4n) is 2.38. The van der Waals surface area contributed by atoms with Gasteiger partial charge >= 0.3 is 0 Å². The zero-order chi connectivity index (χ0) is 13.9. The number of rotatable bonds is 1. The van der Waals surface area contributed by atoms with Crippen molar-refractivity contribution < 1.29 is 4.79 Å². The van der Waals surface area contributed by atoms with Crippen LogP contribution >= 0.6 is 11.8 Å². The molecule has 0 radical (unpaired) electrons. The van der Waals surface area contributed by atoms with E-state index in [9.17, 15) is 4.79 Å². The van der Waals surface area contributed by atoms with E-state index in [1.165, 1.54) is 5.56 Å². The Morgan fingerprint density at radius 1 is 1.21 bits per heavy atom. The maximum absolute atomic E-state index is 12.3. The highest BCUT2D eigenvalue weighted by molar-refractivity contribution is 7.99. The number of hydrogen-bond acceptors (Lipinski definition) is 2. The van der Waals surface area contributed by atoms with Gasteiger partial charge in [0.05, 0.1) is 0 Å². The van der Waals surface area contributed by atoms with Crippen molar-refractivity contribution in [3.05, 3.63) is 35.9 Å². The first-order chi connectivity index (χ1) is 8.98. The topological polar surface area (TPSA) is 20.3 Å². The molecule has 0 aromatic heterocycles. The van der Waals surface area contributed by atoms with Crippen LogP contribution in [0.15, 0.2) is 30.3 Å². The van der Waals surface area contributed by atoms with Crippen LogP contribution in [0.4, 0.5) is 0 Å². The second-order valence-corrected chi connectivity index (χ2v) is 7.41. The lowest BCUT2D eigenvalue weighted by Gasteiger charge is -2.28. The molecule has 19 heavy (non-hydrogen) atoms. The van der Waals surface area contributed by atoms with Gasteiger partial charge < -0.3 is 4.90 Å². The maximum Gasteiger partial charge on any atom is 0.227 e. The molecule has 1 atom stereocenters. The van der Waals surface area contributed by atoms with E-state index in [-0.39, 0.29) is 11.3 Å². The summed E-state index contributed by atoms with van der Waals surface area (Å²) in [7, 11) is 0. The van der Waals surface area contributed by atoms with Gasteiger partial charge in [0.25, 0.3) is 0 Å². The van der Waals surface area contributed by atoms with Crippen molar-refractivity contribution in [2.45, 2.75) is 32.4 Å². The molecule has 1 heterocycles. The number of benzene rings is 1. The van der Waals surface area contributed by atoms with E-state index in [1.54, 1.807) is 0 Å². The molecule has 1 amide bonds. The first kappa shape index (κ1) is 14.4. The third kappa shape index (κ3) is 3.75. The molecule has 2 nitrogen and oxygen atoms in total. The molecule has 2 rings (SSSR count). The quantitative estimate of drug-likeness (QED) is 0.779. The Morgan fingerprint density at radius 2 is 1.89 bits per heavy atom. The standard InChI is InChI=1S/C16H23NOS/c1-16(2,3)15(18)17-10-9-14(19-12-11-17)13-7-5-4-6-8-13/h4-8,14H,9-12H2,1-3H3. The van der Waals surface area contributed by atoms with Crippen molar-refractivity contribution in [1.82, 2.24) is 4.90 Å². The first-order valence-electron chi connectivity index (χ1n) is 6.94. The molecule has 0 spiro atoms. The summed E-state index contributed by atoms with van der Waals surface area (Å²) in [4.78, 5) is 14.4. The Morgan fingerprint density at radius 3 is 2.53 bits per heavy atom. The summed E-state index contributed by atoms with van der Waals surface area (Å²) in [6.45, 7) is 7.76. The van der Waals surface area contributed by atoms with Crippen LogP contribution in [0.5, 0.6) is 0 Å². The van der Waals surface area contributed by atoms with Crippen molar-refractivity contribution in [2.24, 2.45) is 5.41 Å². The van der Waals surface area contributed by atoms with E-state index < -0.39 is 0 Å². The molecular weight excluding hydrogens is 254 g/mol. The van der Waals surface area contributed by atoms with Crippen LogP contribution in [0.2, 0.25) is 0 Å². The van der Waals surface area contributed by atoms with E-state index >= 15 is 0 Å². The highest BCUT2D eigenvalue weighted by Gasteiger charge is 2.29. The first-order valence-corrected chi connectivity index (χ1v) is 7.99. The van der Waals surface area contributed by atoms with Crippen LogP contribution in [0.1, 0.15) is 38.0 Å². The number of carbonyl (C=O) groups is 1. The molecule has 1 aliphatic rings. The molecule has 3 heteroatoms. The Kier molecular flexibility index (Phi) is 4.56. The second-order valence-electron chi connectivity index (χ2n) is 6.10. The molecule has 1 aromatic rings. The number of carbonyl (C=O) groups excluding carboxylic acids is 1. The Hall–Kier alpha value is -0.960. The summed E-state index contributed by atoms with van der Waals surface area (Å²) >= 11 is 1.98. The van der Waals surface area contributed by atoms with Gasteiger partial charge in [0.2, 0.25) is 5.91 Å². The Balaban J connectivity index is 2.01. The summed E-state index contributed by atoms with van der Waals surface area (Å²) < 4.78 is 0. The monoisotopic (exact) mass is 277 g/mol. The lowest BCUT2D eigenvalue weighted by atomic mass is 9.94. The van der Waals surface area contributed by atoms with Crippen LogP contribution in [-0.2, 0) is 4.79 Å². The Bertz CT molecular complexity index is 424. The van der Waals surface area contributed by atoms with E-state index in [2.05, 4.69) is 30.3 Å². The summed E-state index contributed by atoms with van der Waals surface area (Å²) in [5, 5.41) is 0.527. The van der Waals surface area contributed by atoms with Crippen molar-refractivity contribution in [3.63, 3.8) is 0 Å². The zero-order valence-electron chi connectivity index (χ0n) is 12.1. The molecule has 1 aliphatic heterocycles. The van der Waals surface area contributed by atoms with Crippen molar-refractivity contribution in [3.8, 4) is 0 Å². The SMILES string of the molecule is CC(C)(C)C(=O)N1CCSC(c2ccccc2)CC1. The molecule has 1 aromatic carbocycles. The second kappa shape index (κ2) is 6.00.